The number of nitrogens with zero attached hydrogens (tertiary/aromatic N) is 2. The van der Waals surface area contributed by atoms with Gasteiger partial charge in [0, 0.05) is 19.3 Å². The molecule has 2 aliphatic carbocycles. The predicted octanol–water partition coefficient (Wildman–Crippen LogP) is 6.23. The highest BCUT2D eigenvalue weighted by atomic mass is 32.2. The lowest BCUT2D eigenvalue weighted by molar-refractivity contribution is 0.0815. The van der Waals surface area contributed by atoms with Crippen molar-refractivity contribution in [3.63, 3.8) is 0 Å². The van der Waals surface area contributed by atoms with Gasteiger partial charge >= 0.3 is 0 Å². The molecule has 0 aromatic heterocycles. The fourth-order valence-corrected chi connectivity index (χ4v) is 6.31. The Morgan fingerprint density at radius 3 is 2.75 bits per heavy atom. The third-order valence-electron chi connectivity index (χ3n) is 7.18. The molecule has 1 saturated carbocycles. The summed E-state index contributed by atoms with van der Waals surface area (Å²) in [7, 11) is 2.08. The molecule has 0 spiro atoms. The van der Waals surface area contributed by atoms with Crippen molar-refractivity contribution in [1.29, 1.82) is 0 Å². The van der Waals surface area contributed by atoms with E-state index in [1.54, 1.807) is 11.8 Å². The van der Waals surface area contributed by atoms with Gasteiger partial charge in [-0.1, -0.05) is 24.6 Å². The highest BCUT2D eigenvalue weighted by molar-refractivity contribution is 8.02. The first-order valence-corrected chi connectivity index (χ1v) is 12.3. The van der Waals surface area contributed by atoms with Crippen molar-refractivity contribution in [2.45, 2.75) is 38.7 Å². The number of hydrogen-bond acceptors (Lipinski definition) is 4. The van der Waals surface area contributed by atoms with Gasteiger partial charge in [0.25, 0.3) is 0 Å². The molecule has 4 rings (SSSR count). The van der Waals surface area contributed by atoms with Crippen LogP contribution in [-0.4, -0.2) is 35.6 Å². The first-order chi connectivity index (χ1) is 15.4. The maximum atomic E-state index is 13.5. The maximum absolute atomic E-state index is 13.5. The summed E-state index contributed by atoms with van der Waals surface area (Å²) in [5, 5.41) is 17.9. The monoisotopic (exact) mass is 452 g/mol. The Morgan fingerprint density at radius 1 is 1.31 bits per heavy atom. The van der Waals surface area contributed by atoms with Crippen molar-refractivity contribution >= 4 is 17.4 Å². The normalized spacial score (nSPS) is 26.6. The molecule has 3 nitrogen and oxygen atoms in total. The number of halogens is 1. The topological polar surface area (TPSA) is 26.7 Å². The smallest absolute Gasteiger partial charge is 0.123 e. The van der Waals surface area contributed by atoms with E-state index in [1.807, 2.05) is 24.3 Å². The molecule has 1 aromatic rings. The molecule has 3 aliphatic rings. The standard InChI is InChI=1S/C27H33FN2OS/c1-5-7-19(18-32-14-6-2)26(31)24-13-8-21-15-25-20(16-27(21,24)3)17-29(4)30(25)23-11-9-22(28)10-12-23/h5-6,9-12,15,18,24,26,31H,1-2,7-8,13-14,16-17H2,3-4H3/b19-18+. The highest BCUT2D eigenvalue weighted by Crippen LogP contribution is 2.57. The fraction of sp³-hybridized carbons (Fsp3) is 0.407. The zero-order valence-electron chi connectivity index (χ0n) is 19.1. The number of benzene rings is 1. The molecule has 1 aliphatic heterocycles. The molecule has 32 heavy (non-hydrogen) atoms. The van der Waals surface area contributed by atoms with Gasteiger partial charge in [0.2, 0.25) is 0 Å². The predicted molar refractivity (Wildman–Crippen MR) is 134 cm³/mol. The van der Waals surface area contributed by atoms with Gasteiger partial charge in [0.15, 0.2) is 0 Å². The van der Waals surface area contributed by atoms with E-state index in [0.717, 1.165) is 42.8 Å². The minimum atomic E-state index is -0.476. The van der Waals surface area contributed by atoms with Gasteiger partial charge in [0.1, 0.15) is 5.82 Å². The van der Waals surface area contributed by atoms with E-state index in [4.69, 9.17) is 0 Å². The van der Waals surface area contributed by atoms with E-state index < -0.39 is 6.10 Å². The largest absolute Gasteiger partial charge is 0.388 e. The minimum absolute atomic E-state index is 0.0543. The number of hydrogen-bond donors (Lipinski definition) is 1. The Kier molecular flexibility index (Phi) is 6.80. The number of rotatable bonds is 8. The van der Waals surface area contributed by atoms with Gasteiger partial charge < -0.3 is 5.11 Å². The summed E-state index contributed by atoms with van der Waals surface area (Å²) in [6.45, 7) is 10.9. The van der Waals surface area contributed by atoms with Crippen LogP contribution in [0.15, 0.2) is 83.5 Å². The zero-order valence-corrected chi connectivity index (χ0v) is 19.9. The average molecular weight is 453 g/mol. The van der Waals surface area contributed by atoms with Crippen LogP contribution in [0.2, 0.25) is 0 Å². The summed E-state index contributed by atoms with van der Waals surface area (Å²) in [6.07, 6.45) is 9.25. The Balaban J connectivity index is 1.61. The summed E-state index contributed by atoms with van der Waals surface area (Å²) in [4.78, 5) is 0. The molecule has 0 amide bonds. The number of anilines is 1. The van der Waals surface area contributed by atoms with E-state index in [-0.39, 0.29) is 17.2 Å². The van der Waals surface area contributed by atoms with Gasteiger partial charge in [-0.15, -0.1) is 24.9 Å². The molecule has 5 heteroatoms. The molecule has 3 atom stereocenters. The minimum Gasteiger partial charge on any atom is -0.388 e. The summed E-state index contributed by atoms with van der Waals surface area (Å²) < 4.78 is 13.5. The summed E-state index contributed by atoms with van der Waals surface area (Å²) >= 11 is 1.68. The molecule has 170 valence electrons. The quantitative estimate of drug-likeness (QED) is 0.373. The number of fused-ring (bicyclic) bond motifs is 1. The Labute approximate surface area is 195 Å². The van der Waals surface area contributed by atoms with Crippen molar-refractivity contribution in [2.24, 2.45) is 11.3 Å². The van der Waals surface area contributed by atoms with E-state index in [2.05, 4.69) is 48.6 Å². The highest BCUT2D eigenvalue weighted by Gasteiger charge is 2.50. The summed E-state index contributed by atoms with van der Waals surface area (Å²) in [5.74, 6) is 0.799. The van der Waals surface area contributed by atoms with Gasteiger partial charge in [0.05, 0.1) is 17.5 Å². The van der Waals surface area contributed by atoms with E-state index >= 15 is 0 Å². The fourth-order valence-electron chi connectivity index (χ4n) is 5.63. The van der Waals surface area contributed by atoms with Gasteiger partial charge in [-0.2, -0.15) is 0 Å². The Morgan fingerprint density at radius 2 is 2.06 bits per heavy atom. The molecule has 0 saturated heterocycles. The van der Waals surface area contributed by atoms with Gasteiger partial charge in [-0.3, -0.25) is 5.01 Å². The van der Waals surface area contributed by atoms with Crippen LogP contribution >= 0.6 is 11.8 Å². The SMILES string of the molecule is C=CCS/C=C(\CC=C)C(O)C1CCC2=CC3=C(CN(C)N3c3ccc(F)cc3)CC21C. The number of hydrazine groups is 1. The van der Waals surface area contributed by atoms with E-state index in [1.165, 1.54) is 29.0 Å². The molecular formula is C27H33FN2OS. The van der Waals surface area contributed by atoms with Crippen LogP contribution in [0.5, 0.6) is 0 Å². The Hall–Kier alpha value is -2.08. The molecule has 1 fully saturated rings. The van der Waals surface area contributed by atoms with Crippen molar-refractivity contribution in [3.8, 4) is 0 Å². The Bertz CT molecular complexity index is 980. The molecule has 1 aromatic carbocycles. The van der Waals surface area contributed by atoms with Gasteiger partial charge in [-0.25, -0.2) is 9.40 Å². The molecular weight excluding hydrogens is 419 g/mol. The van der Waals surface area contributed by atoms with Crippen molar-refractivity contribution in [1.82, 2.24) is 5.01 Å². The third kappa shape index (κ3) is 4.14. The summed E-state index contributed by atoms with van der Waals surface area (Å²) in [6, 6.07) is 6.70. The zero-order chi connectivity index (χ0) is 22.9. The van der Waals surface area contributed by atoms with Crippen molar-refractivity contribution in [3.05, 3.63) is 89.3 Å². The van der Waals surface area contributed by atoms with Crippen LogP contribution in [0.1, 0.15) is 32.6 Å². The number of likely N-dealkylation sites (N-methyl/N-ethyl adjacent to an activating group) is 1. The van der Waals surface area contributed by atoms with Crippen molar-refractivity contribution in [2.75, 3.05) is 24.4 Å². The second-order valence-electron chi connectivity index (χ2n) is 9.25. The van der Waals surface area contributed by atoms with Crippen LogP contribution in [0, 0.1) is 17.2 Å². The third-order valence-corrected chi connectivity index (χ3v) is 8.08. The average Bonchev–Trinajstić information content (AvgIpc) is 3.26. The molecule has 0 bridgehead atoms. The number of aliphatic hydroxyl groups excluding tert-OH is 1. The number of thioether (sulfide) groups is 1. The first-order valence-electron chi connectivity index (χ1n) is 11.3. The van der Waals surface area contributed by atoms with Gasteiger partial charge in [-0.05, 0) is 83.9 Å². The van der Waals surface area contributed by atoms with E-state index in [9.17, 15) is 9.50 Å². The summed E-state index contributed by atoms with van der Waals surface area (Å²) in [5.41, 5.74) is 5.99. The van der Waals surface area contributed by atoms with Crippen LogP contribution in [0.3, 0.4) is 0 Å². The number of aliphatic hydroxyl groups is 1. The van der Waals surface area contributed by atoms with Crippen LogP contribution < -0.4 is 5.01 Å². The lowest BCUT2D eigenvalue weighted by Crippen LogP contribution is -2.36. The van der Waals surface area contributed by atoms with Crippen LogP contribution in [0.4, 0.5) is 10.1 Å². The second kappa shape index (κ2) is 9.42. The molecule has 1 heterocycles. The van der Waals surface area contributed by atoms with Crippen LogP contribution in [-0.2, 0) is 0 Å². The molecule has 3 unspecified atom stereocenters. The molecule has 0 radical (unpaired) electrons. The lowest BCUT2D eigenvalue weighted by atomic mass is 9.67. The van der Waals surface area contributed by atoms with Crippen molar-refractivity contribution < 1.29 is 9.50 Å². The first kappa shape index (κ1) is 23.1. The second-order valence-corrected chi connectivity index (χ2v) is 10.2. The van der Waals surface area contributed by atoms with Crippen LogP contribution in [0.25, 0.3) is 0 Å². The lowest BCUT2D eigenvalue weighted by Gasteiger charge is -2.39. The molecule has 1 N–H and O–H groups in total. The van der Waals surface area contributed by atoms with E-state index in [0.29, 0.717) is 6.42 Å². The number of allylic oxidation sites excluding steroid dienone is 3. The maximum Gasteiger partial charge on any atom is 0.123 e.